The van der Waals surface area contributed by atoms with E-state index < -0.39 is 4.92 Å². The molecule has 80 valence electrons. The maximum Gasteiger partial charge on any atom is 0.269 e. The zero-order valence-corrected chi connectivity index (χ0v) is 9.10. The predicted octanol–water partition coefficient (Wildman–Crippen LogP) is 2.38. The second kappa shape index (κ2) is 4.75. The number of amidine groups is 1. The van der Waals surface area contributed by atoms with E-state index in [0.29, 0.717) is 11.0 Å². The Bertz CT molecular complexity index is 387. The Kier molecular flexibility index (Phi) is 3.62. The third-order valence-electron chi connectivity index (χ3n) is 1.65. The number of non-ortho nitro benzene ring substituents is 1. The van der Waals surface area contributed by atoms with Gasteiger partial charge in [-0.1, -0.05) is 0 Å². The molecule has 0 aliphatic heterocycles. The van der Waals surface area contributed by atoms with Crippen LogP contribution in [-0.2, 0) is 0 Å². The lowest BCUT2D eigenvalue weighted by molar-refractivity contribution is -0.384. The van der Waals surface area contributed by atoms with Crippen LogP contribution in [0.4, 0.5) is 11.4 Å². The summed E-state index contributed by atoms with van der Waals surface area (Å²) in [4.78, 5) is 15.6. The average Bonchev–Trinajstić information content (AvgIpc) is 2.18. The van der Waals surface area contributed by atoms with Crippen LogP contribution in [-0.4, -0.2) is 29.2 Å². The van der Waals surface area contributed by atoms with Crippen LogP contribution in [0.2, 0.25) is 0 Å². The molecule has 0 atom stereocenters. The molecule has 1 aromatic carbocycles. The van der Waals surface area contributed by atoms with E-state index in [1.807, 2.05) is 0 Å². The SMILES string of the molecule is CN(C)C(Cl)=Nc1ccc([N+](=O)[O-])cc1. The highest BCUT2D eigenvalue weighted by Crippen LogP contribution is 2.18. The second-order valence-electron chi connectivity index (χ2n) is 3.05. The van der Waals surface area contributed by atoms with Gasteiger partial charge < -0.3 is 4.90 Å². The topological polar surface area (TPSA) is 58.7 Å². The van der Waals surface area contributed by atoms with Gasteiger partial charge in [0.15, 0.2) is 5.29 Å². The molecular weight excluding hydrogens is 218 g/mol. The van der Waals surface area contributed by atoms with Crippen LogP contribution in [0.3, 0.4) is 0 Å². The van der Waals surface area contributed by atoms with E-state index in [4.69, 9.17) is 11.6 Å². The Morgan fingerprint density at radius 1 is 1.40 bits per heavy atom. The Morgan fingerprint density at radius 2 is 1.93 bits per heavy atom. The van der Waals surface area contributed by atoms with Crippen molar-refractivity contribution in [2.24, 2.45) is 4.99 Å². The Hall–Kier alpha value is -1.62. The third-order valence-corrected chi connectivity index (χ3v) is 2.07. The van der Waals surface area contributed by atoms with Crippen LogP contribution >= 0.6 is 11.6 Å². The molecule has 15 heavy (non-hydrogen) atoms. The van der Waals surface area contributed by atoms with Crippen LogP contribution in [0.25, 0.3) is 0 Å². The Morgan fingerprint density at radius 3 is 2.33 bits per heavy atom. The number of rotatable bonds is 2. The van der Waals surface area contributed by atoms with E-state index in [-0.39, 0.29) is 5.69 Å². The number of benzene rings is 1. The fourth-order valence-corrected chi connectivity index (χ4v) is 0.953. The lowest BCUT2D eigenvalue weighted by atomic mass is 10.3. The normalized spacial score (nSPS) is 11.3. The molecule has 5 nitrogen and oxygen atoms in total. The lowest BCUT2D eigenvalue weighted by Crippen LogP contribution is -2.15. The number of hydrogen-bond acceptors (Lipinski definition) is 3. The molecular formula is C9H10ClN3O2. The van der Waals surface area contributed by atoms with E-state index in [0.717, 1.165) is 0 Å². The van der Waals surface area contributed by atoms with Crippen molar-refractivity contribution in [3.8, 4) is 0 Å². The molecule has 1 aromatic rings. The Balaban J connectivity index is 2.90. The van der Waals surface area contributed by atoms with E-state index in [2.05, 4.69) is 4.99 Å². The van der Waals surface area contributed by atoms with E-state index in [1.165, 1.54) is 12.1 Å². The van der Waals surface area contributed by atoms with Crippen molar-refractivity contribution in [2.75, 3.05) is 14.1 Å². The first-order valence-corrected chi connectivity index (χ1v) is 4.54. The van der Waals surface area contributed by atoms with Crippen molar-refractivity contribution in [3.63, 3.8) is 0 Å². The average molecular weight is 228 g/mol. The number of nitro groups is 1. The van der Waals surface area contributed by atoms with Gasteiger partial charge in [0.05, 0.1) is 10.6 Å². The molecule has 0 fully saturated rings. The van der Waals surface area contributed by atoms with Crippen LogP contribution in [0, 0.1) is 10.1 Å². The molecule has 0 unspecified atom stereocenters. The summed E-state index contributed by atoms with van der Waals surface area (Å²) in [6.45, 7) is 0. The highest BCUT2D eigenvalue weighted by Gasteiger charge is 2.04. The van der Waals surface area contributed by atoms with Crippen LogP contribution in [0.5, 0.6) is 0 Å². The summed E-state index contributed by atoms with van der Waals surface area (Å²) in [5.74, 6) is 0. The molecule has 6 heteroatoms. The minimum absolute atomic E-state index is 0.0370. The summed E-state index contributed by atoms with van der Waals surface area (Å²) in [5.41, 5.74) is 0.620. The molecule has 0 N–H and O–H groups in total. The van der Waals surface area contributed by atoms with Gasteiger partial charge in [-0.25, -0.2) is 4.99 Å². The molecule has 0 saturated heterocycles. The van der Waals surface area contributed by atoms with E-state index in [1.54, 1.807) is 31.1 Å². The molecule has 0 heterocycles. The highest BCUT2D eigenvalue weighted by atomic mass is 35.5. The van der Waals surface area contributed by atoms with Gasteiger partial charge in [0.25, 0.3) is 5.69 Å². The molecule has 0 saturated carbocycles. The van der Waals surface area contributed by atoms with Gasteiger partial charge >= 0.3 is 0 Å². The van der Waals surface area contributed by atoms with Gasteiger partial charge in [0.1, 0.15) is 0 Å². The maximum absolute atomic E-state index is 10.4. The van der Waals surface area contributed by atoms with Crippen molar-refractivity contribution in [1.29, 1.82) is 0 Å². The standard InChI is InChI=1S/C9H10ClN3O2/c1-12(2)9(10)11-7-3-5-8(6-4-7)13(14)15/h3-6H,1-2H3. The van der Waals surface area contributed by atoms with Gasteiger partial charge in [0, 0.05) is 26.2 Å². The predicted molar refractivity (Wildman–Crippen MR) is 59.7 cm³/mol. The fraction of sp³-hybridized carbons (Fsp3) is 0.222. The molecule has 1 rings (SSSR count). The number of aliphatic imine (C=N–C) groups is 1. The molecule has 0 aliphatic carbocycles. The van der Waals surface area contributed by atoms with Gasteiger partial charge in [-0.3, -0.25) is 10.1 Å². The summed E-state index contributed by atoms with van der Waals surface area (Å²) >= 11 is 5.79. The van der Waals surface area contributed by atoms with Crippen molar-refractivity contribution in [1.82, 2.24) is 4.90 Å². The lowest BCUT2D eigenvalue weighted by Gasteiger charge is -2.07. The zero-order valence-electron chi connectivity index (χ0n) is 8.35. The van der Waals surface area contributed by atoms with Gasteiger partial charge in [-0.2, -0.15) is 0 Å². The smallest absolute Gasteiger partial charge is 0.269 e. The maximum atomic E-state index is 10.4. The minimum atomic E-state index is -0.457. The summed E-state index contributed by atoms with van der Waals surface area (Å²) in [5, 5.41) is 10.7. The minimum Gasteiger partial charge on any atom is -0.353 e. The van der Waals surface area contributed by atoms with Crippen molar-refractivity contribution >= 4 is 28.3 Å². The van der Waals surface area contributed by atoms with E-state index >= 15 is 0 Å². The summed E-state index contributed by atoms with van der Waals surface area (Å²) in [6.07, 6.45) is 0. The first kappa shape index (κ1) is 11.5. The molecule has 0 amide bonds. The fourth-order valence-electron chi connectivity index (χ4n) is 0.855. The van der Waals surface area contributed by atoms with Crippen LogP contribution in [0.15, 0.2) is 29.3 Å². The Labute approximate surface area is 92.1 Å². The van der Waals surface area contributed by atoms with Gasteiger partial charge in [-0.05, 0) is 23.7 Å². The molecule has 0 spiro atoms. The highest BCUT2D eigenvalue weighted by molar-refractivity contribution is 6.64. The second-order valence-corrected chi connectivity index (χ2v) is 3.39. The van der Waals surface area contributed by atoms with Crippen molar-refractivity contribution < 1.29 is 4.92 Å². The number of nitrogens with zero attached hydrogens (tertiary/aromatic N) is 3. The zero-order chi connectivity index (χ0) is 11.4. The first-order valence-electron chi connectivity index (χ1n) is 4.16. The summed E-state index contributed by atoms with van der Waals surface area (Å²) in [7, 11) is 3.52. The van der Waals surface area contributed by atoms with Crippen LogP contribution in [0.1, 0.15) is 0 Å². The van der Waals surface area contributed by atoms with Gasteiger partial charge in [-0.15, -0.1) is 0 Å². The first-order chi connectivity index (χ1) is 7.00. The summed E-state index contributed by atoms with van der Waals surface area (Å²) < 4.78 is 0. The molecule has 0 radical (unpaired) electrons. The van der Waals surface area contributed by atoms with Crippen molar-refractivity contribution in [2.45, 2.75) is 0 Å². The van der Waals surface area contributed by atoms with Crippen LogP contribution < -0.4 is 0 Å². The molecule has 0 aromatic heterocycles. The number of hydrogen-bond donors (Lipinski definition) is 0. The van der Waals surface area contributed by atoms with E-state index in [9.17, 15) is 10.1 Å². The monoisotopic (exact) mass is 227 g/mol. The van der Waals surface area contributed by atoms with Crippen molar-refractivity contribution in [3.05, 3.63) is 34.4 Å². The quantitative estimate of drug-likeness (QED) is 0.256. The molecule has 0 aliphatic rings. The summed E-state index contributed by atoms with van der Waals surface area (Å²) in [6, 6.07) is 5.87. The largest absolute Gasteiger partial charge is 0.353 e. The number of nitro benzene ring substituents is 1. The number of halogens is 1. The van der Waals surface area contributed by atoms with Gasteiger partial charge in [0.2, 0.25) is 0 Å². The third kappa shape index (κ3) is 3.21. The molecule has 0 bridgehead atoms.